The highest BCUT2D eigenvalue weighted by Crippen LogP contribution is 2.09. The lowest BCUT2D eigenvalue weighted by Crippen LogP contribution is -2.45. The fourth-order valence-corrected chi connectivity index (χ4v) is 2.44. The van der Waals surface area contributed by atoms with E-state index in [2.05, 4.69) is 4.72 Å². The van der Waals surface area contributed by atoms with Crippen molar-refractivity contribution in [2.45, 2.75) is 32.2 Å². The number of hydrogen-bond donors (Lipinski definition) is 1. The zero-order valence-corrected chi connectivity index (χ0v) is 10.2. The highest BCUT2D eigenvalue weighted by Gasteiger charge is 2.27. The zero-order chi connectivity index (χ0) is 11.9. The number of rotatable bonds is 7. The smallest absolute Gasteiger partial charge is 0.213 e. The Balaban J connectivity index is 4.32. The van der Waals surface area contributed by atoms with Crippen LogP contribution in [0, 0.1) is 11.3 Å². The second-order valence-electron chi connectivity index (χ2n) is 3.56. The van der Waals surface area contributed by atoms with Crippen molar-refractivity contribution in [3.63, 3.8) is 0 Å². The molecular weight excluding hydrogens is 216 g/mol. The van der Waals surface area contributed by atoms with Gasteiger partial charge in [0.1, 0.15) is 5.54 Å². The van der Waals surface area contributed by atoms with E-state index >= 15 is 0 Å². The fourth-order valence-electron chi connectivity index (χ4n) is 0.962. The first kappa shape index (κ1) is 14.4. The van der Waals surface area contributed by atoms with Gasteiger partial charge in [-0.25, -0.2) is 8.42 Å². The third kappa shape index (κ3) is 5.72. The van der Waals surface area contributed by atoms with Crippen molar-refractivity contribution in [3.05, 3.63) is 0 Å². The number of nitrogens with zero attached hydrogens (tertiary/aromatic N) is 1. The summed E-state index contributed by atoms with van der Waals surface area (Å²) in [5.74, 6) is -0.0158. The maximum atomic E-state index is 11.5. The van der Waals surface area contributed by atoms with Crippen LogP contribution in [0.3, 0.4) is 0 Å². The van der Waals surface area contributed by atoms with Gasteiger partial charge in [0, 0.05) is 13.7 Å². The third-order valence-corrected chi connectivity index (χ3v) is 3.68. The second kappa shape index (κ2) is 6.05. The largest absolute Gasteiger partial charge is 0.385 e. The maximum absolute atomic E-state index is 11.5. The van der Waals surface area contributed by atoms with E-state index in [0.717, 1.165) is 0 Å². The summed E-state index contributed by atoms with van der Waals surface area (Å²) >= 11 is 0. The molecule has 6 heteroatoms. The van der Waals surface area contributed by atoms with E-state index in [4.69, 9.17) is 10.00 Å². The van der Waals surface area contributed by atoms with Crippen LogP contribution >= 0.6 is 0 Å². The average molecular weight is 234 g/mol. The second-order valence-corrected chi connectivity index (χ2v) is 5.41. The monoisotopic (exact) mass is 234 g/mol. The molecule has 0 aliphatic rings. The summed E-state index contributed by atoms with van der Waals surface area (Å²) < 4.78 is 30.2. The van der Waals surface area contributed by atoms with Crippen LogP contribution in [-0.2, 0) is 14.8 Å². The minimum Gasteiger partial charge on any atom is -0.385 e. The molecule has 0 fully saturated rings. The maximum Gasteiger partial charge on any atom is 0.213 e. The van der Waals surface area contributed by atoms with Crippen LogP contribution in [0.1, 0.15) is 26.7 Å². The van der Waals surface area contributed by atoms with E-state index in [9.17, 15) is 8.42 Å². The van der Waals surface area contributed by atoms with Gasteiger partial charge in [0.25, 0.3) is 0 Å². The molecule has 0 rings (SSSR count). The van der Waals surface area contributed by atoms with Crippen LogP contribution in [0.2, 0.25) is 0 Å². The Morgan fingerprint density at radius 1 is 1.53 bits per heavy atom. The van der Waals surface area contributed by atoms with Crippen molar-refractivity contribution in [3.8, 4) is 6.07 Å². The summed E-state index contributed by atoms with van der Waals surface area (Å²) in [6.45, 7) is 3.73. The van der Waals surface area contributed by atoms with Gasteiger partial charge in [-0.1, -0.05) is 6.92 Å². The molecule has 88 valence electrons. The van der Waals surface area contributed by atoms with Crippen LogP contribution in [0.5, 0.6) is 0 Å². The molecule has 0 aliphatic heterocycles. The lowest BCUT2D eigenvalue weighted by Gasteiger charge is -2.20. The molecule has 15 heavy (non-hydrogen) atoms. The fraction of sp³-hybridized carbons (Fsp3) is 0.889. The Kier molecular flexibility index (Phi) is 5.80. The van der Waals surface area contributed by atoms with Crippen LogP contribution in [0.25, 0.3) is 0 Å². The molecule has 1 atom stereocenters. The molecule has 1 N–H and O–H groups in total. The van der Waals surface area contributed by atoms with E-state index in [1.807, 2.05) is 6.07 Å². The highest BCUT2D eigenvalue weighted by molar-refractivity contribution is 7.89. The summed E-state index contributed by atoms with van der Waals surface area (Å²) in [6.07, 6.45) is 0.865. The minimum absolute atomic E-state index is 0.0158. The Hall–Kier alpha value is -0.640. The van der Waals surface area contributed by atoms with E-state index in [1.54, 1.807) is 13.8 Å². The molecule has 1 unspecified atom stereocenters. The molecule has 5 nitrogen and oxygen atoms in total. The SMILES string of the molecule is CCC(C)(C#N)NS(=O)(=O)CCCOC. The lowest BCUT2D eigenvalue weighted by atomic mass is 10.0. The van der Waals surface area contributed by atoms with Gasteiger partial charge in [-0.15, -0.1) is 0 Å². The molecule has 0 saturated heterocycles. The van der Waals surface area contributed by atoms with Gasteiger partial charge in [-0.05, 0) is 19.8 Å². The van der Waals surface area contributed by atoms with Gasteiger partial charge in [0.2, 0.25) is 10.0 Å². The Bertz CT molecular complexity index is 321. The third-order valence-electron chi connectivity index (χ3n) is 2.10. The summed E-state index contributed by atoms with van der Waals surface area (Å²) in [5.41, 5.74) is -1.01. The first-order chi connectivity index (χ1) is 6.89. The van der Waals surface area contributed by atoms with Gasteiger partial charge in [0.15, 0.2) is 0 Å². The van der Waals surface area contributed by atoms with Crippen LogP contribution in [0.4, 0.5) is 0 Å². The van der Waals surface area contributed by atoms with Crippen LogP contribution < -0.4 is 4.72 Å². The predicted molar refractivity (Wildman–Crippen MR) is 57.7 cm³/mol. The molecule has 0 amide bonds. The molecule has 0 radical (unpaired) electrons. The van der Waals surface area contributed by atoms with Crippen molar-refractivity contribution < 1.29 is 13.2 Å². The van der Waals surface area contributed by atoms with Crippen molar-refractivity contribution in [2.75, 3.05) is 19.5 Å². The summed E-state index contributed by atoms with van der Waals surface area (Å²) in [7, 11) is -1.87. The van der Waals surface area contributed by atoms with Gasteiger partial charge in [-0.2, -0.15) is 9.98 Å². The molecule has 0 aromatic rings. The normalized spacial score (nSPS) is 15.6. The quantitative estimate of drug-likeness (QED) is 0.655. The highest BCUT2D eigenvalue weighted by atomic mass is 32.2. The van der Waals surface area contributed by atoms with Gasteiger partial charge >= 0.3 is 0 Å². The first-order valence-electron chi connectivity index (χ1n) is 4.81. The molecular formula is C9H18N2O3S. The molecule has 0 spiro atoms. The molecule has 0 aromatic heterocycles. The minimum atomic E-state index is -3.39. The van der Waals surface area contributed by atoms with E-state index < -0.39 is 15.6 Å². The molecule has 0 aromatic carbocycles. The van der Waals surface area contributed by atoms with Gasteiger partial charge in [0.05, 0.1) is 11.8 Å². The Morgan fingerprint density at radius 2 is 2.13 bits per heavy atom. The van der Waals surface area contributed by atoms with E-state index in [0.29, 0.717) is 19.4 Å². The topological polar surface area (TPSA) is 79.2 Å². The first-order valence-corrected chi connectivity index (χ1v) is 6.46. The average Bonchev–Trinajstić information content (AvgIpc) is 2.17. The lowest BCUT2D eigenvalue weighted by molar-refractivity contribution is 0.199. The predicted octanol–water partition coefficient (Wildman–Crippen LogP) is 0.635. The van der Waals surface area contributed by atoms with E-state index in [-0.39, 0.29) is 5.75 Å². The number of sulfonamides is 1. The van der Waals surface area contributed by atoms with Crippen LogP contribution in [-0.4, -0.2) is 33.4 Å². The Labute approximate surface area is 91.5 Å². The zero-order valence-electron chi connectivity index (χ0n) is 9.41. The number of methoxy groups -OCH3 is 1. The Morgan fingerprint density at radius 3 is 2.53 bits per heavy atom. The van der Waals surface area contributed by atoms with Crippen molar-refractivity contribution >= 4 is 10.0 Å². The van der Waals surface area contributed by atoms with Crippen molar-refractivity contribution in [1.29, 1.82) is 5.26 Å². The number of nitriles is 1. The van der Waals surface area contributed by atoms with Crippen molar-refractivity contribution in [1.82, 2.24) is 4.72 Å². The summed E-state index contributed by atoms with van der Waals surface area (Å²) in [5, 5.41) is 8.82. The van der Waals surface area contributed by atoms with Crippen LogP contribution in [0.15, 0.2) is 0 Å². The van der Waals surface area contributed by atoms with Gasteiger partial charge < -0.3 is 4.74 Å². The number of ether oxygens (including phenoxy) is 1. The standard InChI is InChI=1S/C9H18N2O3S/c1-4-9(2,8-10)11-15(12,13)7-5-6-14-3/h11H,4-7H2,1-3H3. The molecule has 0 saturated carbocycles. The molecule has 0 aliphatic carbocycles. The van der Waals surface area contributed by atoms with Gasteiger partial charge in [-0.3, -0.25) is 0 Å². The summed E-state index contributed by atoms with van der Waals surface area (Å²) in [4.78, 5) is 0. The summed E-state index contributed by atoms with van der Waals surface area (Å²) in [6, 6.07) is 1.95. The molecule has 0 bridgehead atoms. The van der Waals surface area contributed by atoms with Crippen molar-refractivity contribution in [2.24, 2.45) is 0 Å². The number of nitrogens with one attached hydrogen (secondary N) is 1. The van der Waals surface area contributed by atoms with E-state index in [1.165, 1.54) is 7.11 Å². The molecule has 0 heterocycles. The number of hydrogen-bond acceptors (Lipinski definition) is 4.